The summed E-state index contributed by atoms with van der Waals surface area (Å²) >= 11 is 5.96. The number of aromatic nitrogens is 2. The molecule has 4 rings (SSSR count). The van der Waals surface area contributed by atoms with Gasteiger partial charge in [0.05, 0.1) is 12.8 Å². The van der Waals surface area contributed by atoms with Gasteiger partial charge in [-0.1, -0.05) is 35.9 Å². The van der Waals surface area contributed by atoms with Crippen molar-refractivity contribution in [3.05, 3.63) is 78.1 Å². The van der Waals surface area contributed by atoms with E-state index in [0.29, 0.717) is 0 Å². The van der Waals surface area contributed by atoms with Crippen molar-refractivity contribution in [2.24, 2.45) is 0 Å². The molecule has 0 saturated heterocycles. The lowest BCUT2D eigenvalue weighted by Crippen LogP contribution is -1.85. The van der Waals surface area contributed by atoms with Crippen molar-refractivity contribution in [3.8, 4) is 28.1 Å². The van der Waals surface area contributed by atoms with Crippen molar-refractivity contribution in [2.75, 3.05) is 7.11 Å². The molecule has 0 aliphatic heterocycles. The number of ether oxygens (including phenoxy) is 1. The van der Waals surface area contributed by atoms with Crippen LogP contribution in [0, 0.1) is 0 Å². The fourth-order valence-electron chi connectivity index (χ4n) is 2.73. The van der Waals surface area contributed by atoms with Crippen molar-refractivity contribution in [1.29, 1.82) is 0 Å². The molecule has 3 nitrogen and oxygen atoms in total. The molecular weight excluding hydrogens is 320 g/mol. The average Bonchev–Trinajstić information content (AvgIpc) is 3.05. The predicted octanol–water partition coefficient (Wildman–Crippen LogP) is 5.33. The SMILES string of the molecule is COc1cccc(-c2cn3cc(-c4ccc(Cl)cc4)ccc3n2)c1. The van der Waals surface area contributed by atoms with Crippen LogP contribution in [0.25, 0.3) is 28.0 Å². The van der Waals surface area contributed by atoms with Gasteiger partial charge in [-0.25, -0.2) is 4.98 Å². The van der Waals surface area contributed by atoms with E-state index in [2.05, 4.69) is 12.3 Å². The van der Waals surface area contributed by atoms with Gasteiger partial charge in [0, 0.05) is 23.0 Å². The van der Waals surface area contributed by atoms with Crippen LogP contribution in [0.2, 0.25) is 5.02 Å². The highest BCUT2D eigenvalue weighted by Gasteiger charge is 2.07. The van der Waals surface area contributed by atoms with Gasteiger partial charge >= 0.3 is 0 Å². The fraction of sp³-hybridized carbons (Fsp3) is 0.0500. The Hall–Kier alpha value is -2.78. The standard InChI is InChI=1S/C20H15ClN2O/c1-24-18-4-2-3-15(11-18)19-13-23-12-16(7-10-20(23)22-19)14-5-8-17(21)9-6-14/h2-13H,1H3. The smallest absolute Gasteiger partial charge is 0.137 e. The quantitative estimate of drug-likeness (QED) is 0.506. The van der Waals surface area contributed by atoms with Gasteiger partial charge in [-0.2, -0.15) is 0 Å². The Balaban J connectivity index is 1.77. The van der Waals surface area contributed by atoms with Crippen LogP contribution in [0.4, 0.5) is 0 Å². The highest BCUT2D eigenvalue weighted by molar-refractivity contribution is 6.30. The molecular formula is C20H15ClN2O. The number of fused-ring (bicyclic) bond motifs is 1. The average molecular weight is 335 g/mol. The van der Waals surface area contributed by atoms with Crippen LogP contribution >= 0.6 is 11.6 Å². The molecule has 0 amide bonds. The molecule has 0 atom stereocenters. The first-order chi connectivity index (χ1) is 11.7. The van der Waals surface area contributed by atoms with Gasteiger partial charge in [-0.15, -0.1) is 0 Å². The summed E-state index contributed by atoms with van der Waals surface area (Å²) in [5.41, 5.74) is 5.10. The van der Waals surface area contributed by atoms with Gasteiger partial charge in [0.1, 0.15) is 11.4 Å². The fourth-order valence-corrected chi connectivity index (χ4v) is 2.85. The van der Waals surface area contributed by atoms with Crippen LogP contribution in [0.5, 0.6) is 5.75 Å². The molecule has 118 valence electrons. The molecule has 4 heteroatoms. The lowest BCUT2D eigenvalue weighted by atomic mass is 10.1. The van der Waals surface area contributed by atoms with Gasteiger partial charge < -0.3 is 9.14 Å². The van der Waals surface area contributed by atoms with E-state index in [-0.39, 0.29) is 0 Å². The molecule has 0 fully saturated rings. The van der Waals surface area contributed by atoms with Crippen LogP contribution in [0.3, 0.4) is 0 Å². The number of halogens is 1. The van der Waals surface area contributed by atoms with E-state index in [4.69, 9.17) is 21.3 Å². The Kier molecular flexibility index (Phi) is 3.71. The third-order valence-electron chi connectivity index (χ3n) is 3.99. The topological polar surface area (TPSA) is 26.5 Å². The minimum absolute atomic E-state index is 0.739. The molecule has 0 aliphatic carbocycles. The lowest BCUT2D eigenvalue weighted by Gasteiger charge is -2.02. The van der Waals surface area contributed by atoms with E-state index >= 15 is 0 Å². The summed E-state index contributed by atoms with van der Waals surface area (Å²) in [6.45, 7) is 0. The van der Waals surface area contributed by atoms with Gasteiger partial charge in [0.2, 0.25) is 0 Å². The van der Waals surface area contributed by atoms with E-state index in [1.54, 1.807) is 7.11 Å². The third kappa shape index (κ3) is 2.74. The first kappa shape index (κ1) is 14.8. The van der Waals surface area contributed by atoms with E-state index in [1.165, 1.54) is 0 Å². The summed E-state index contributed by atoms with van der Waals surface area (Å²) in [4.78, 5) is 4.69. The minimum atomic E-state index is 0.739. The number of nitrogens with zero attached hydrogens (tertiary/aromatic N) is 2. The molecule has 0 aliphatic rings. The van der Waals surface area contributed by atoms with Crippen LogP contribution in [0.1, 0.15) is 0 Å². The Bertz CT molecular complexity index is 1010. The van der Waals surface area contributed by atoms with Gasteiger partial charge in [0.15, 0.2) is 0 Å². The highest BCUT2D eigenvalue weighted by Crippen LogP contribution is 2.26. The summed E-state index contributed by atoms with van der Waals surface area (Å²) in [5.74, 6) is 0.825. The largest absolute Gasteiger partial charge is 0.497 e. The maximum atomic E-state index is 5.96. The Morgan fingerprint density at radius 3 is 2.46 bits per heavy atom. The molecule has 0 bridgehead atoms. The summed E-state index contributed by atoms with van der Waals surface area (Å²) in [6.07, 6.45) is 4.11. The minimum Gasteiger partial charge on any atom is -0.497 e. The van der Waals surface area contributed by atoms with Crippen molar-refractivity contribution in [3.63, 3.8) is 0 Å². The highest BCUT2D eigenvalue weighted by atomic mass is 35.5. The van der Waals surface area contributed by atoms with Crippen molar-refractivity contribution >= 4 is 17.2 Å². The van der Waals surface area contributed by atoms with Gasteiger partial charge in [-0.3, -0.25) is 0 Å². The maximum Gasteiger partial charge on any atom is 0.137 e. The Morgan fingerprint density at radius 2 is 1.67 bits per heavy atom. The summed E-state index contributed by atoms with van der Waals surface area (Å²) in [6, 6.07) is 19.8. The molecule has 0 spiro atoms. The zero-order valence-corrected chi connectivity index (χ0v) is 13.9. The van der Waals surface area contributed by atoms with Crippen molar-refractivity contribution in [1.82, 2.24) is 9.38 Å². The number of imidazole rings is 1. The van der Waals surface area contributed by atoms with E-state index in [1.807, 2.05) is 65.2 Å². The predicted molar refractivity (Wildman–Crippen MR) is 97.6 cm³/mol. The number of methoxy groups -OCH3 is 1. The maximum absolute atomic E-state index is 5.96. The third-order valence-corrected chi connectivity index (χ3v) is 4.25. The number of benzene rings is 2. The van der Waals surface area contributed by atoms with Crippen LogP contribution in [0.15, 0.2) is 73.1 Å². The first-order valence-electron chi connectivity index (χ1n) is 7.62. The first-order valence-corrected chi connectivity index (χ1v) is 8.00. The van der Waals surface area contributed by atoms with Crippen LogP contribution < -0.4 is 4.74 Å². The number of hydrogen-bond donors (Lipinski definition) is 0. The molecule has 0 radical (unpaired) electrons. The number of rotatable bonds is 3. The lowest BCUT2D eigenvalue weighted by molar-refractivity contribution is 0.415. The van der Waals surface area contributed by atoms with Gasteiger partial charge in [0.25, 0.3) is 0 Å². The van der Waals surface area contributed by atoms with E-state index in [0.717, 1.165) is 38.8 Å². The summed E-state index contributed by atoms with van der Waals surface area (Å²) in [7, 11) is 1.67. The number of hydrogen-bond acceptors (Lipinski definition) is 2. The zero-order chi connectivity index (χ0) is 16.5. The molecule has 0 N–H and O–H groups in total. The summed E-state index contributed by atoms with van der Waals surface area (Å²) < 4.78 is 7.33. The summed E-state index contributed by atoms with van der Waals surface area (Å²) in [5, 5.41) is 0.739. The molecule has 2 aromatic carbocycles. The normalized spacial score (nSPS) is 10.9. The Labute approximate surface area is 145 Å². The molecule has 2 aromatic heterocycles. The molecule has 24 heavy (non-hydrogen) atoms. The molecule has 0 saturated carbocycles. The second-order valence-electron chi connectivity index (χ2n) is 5.55. The Morgan fingerprint density at radius 1 is 0.875 bits per heavy atom. The van der Waals surface area contributed by atoms with E-state index in [9.17, 15) is 0 Å². The second kappa shape index (κ2) is 6.02. The van der Waals surface area contributed by atoms with Crippen LogP contribution in [-0.4, -0.2) is 16.5 Å². The van der Waals surface area contributed by atoms with E-state index < -0.39 is 0 Å². The molecule has 2 heterocycles. The van der Waals surface area contributed by atoms with Crippen molar-refractivity contribution in [2.45, 2.75) is 0 Å². The van der Waals surface area contributed by atoms with Gasteiger partial charge in [-0.05, 0) is 47.5 Å². The van der Waals surface area contributed by atoms with Crippen molar-refractivity contribution < 1.29 is 4.74 Å². The molecule has 0 unspecified atom stereocenters. The monoisotopic (exact) mass is 334 g/mol. The zero-order valence-electron chi connectivity index (χ0n) is 13.1. The van der Waals surface area contributed by atoms with Crippen LogP contribution in [-0.2, 0) is 0 Å². The molecule has 4 aromatic rings. The number of pyridine rings is 1. The second-order valence-corrected chi connectivity index (χ2v) is 5.98.